The molecular weight excluding hydrogens is 302 g/mol. The zero-order valence-electron chi connectivity index (χ0n) is 13.9. The first-order valence-corrected chi connectivity index (χ1v) is 8.29. The monoisotopic (exact) mass is 323 g/mol. The van der Waals surface area contributed by atoms with Gasteiger partial charge in [-0.15, -0.1) is 5.10 Å². The highest BCUT2D eigenvalue weighted by Gasteiger charge is 2.53. The van der Waals surface area contributed by atoms with Gasteiger partial charge in [-0.05, 0) is 37.8 Å². The third-order valence-electron chi connectivity index (χ3n) is 4.77. The van der Waals surface area contributed by atoms with Crippen LogP contribution >= 0.6 is 0 Å². The van der Waals surface area contributed by atoms with Crippen molar-refractivity contribution in [2.45, 2.75) is 19.9 Å². The van der Waals surface area contributed by atoms with E-state index in [4.69, 9.17) is 0 Å². The number of hydrogen-bond donors (Lipinski definition) is 2. The van der Waals surface area contributed by atoms with Crippen LogP contribution < -0.4 is 10.6 Å². The molecular formula is C18H21N5O. The molecule has 124 valence electrons. The summed E-state index contributed by atoms with van der Waals surface area (Å²) >= 11 is 0. The Hall–Kier alpha value is -2.47. The van der Waals surface area contributed by atoms with Crippen molar-refractivity contribution in [1.29, 1.82) is 0 Å². The van der Waals surface area contributed by atoms with Crippen LogP contribution in [0.2, 0.25) is 0 Å². The summed E-state index contributed by atoms with van der Waals surface area (Å²) in [5.74, 6) is 1.82. The number of carbonyl (C=O) groups is 1. The van der Waals surface area contributed by atoms with E-state index in [9.17, 15) is 4.79 Å². The third-order valence-corrected chi connectivity index (χ3v) is 4.77. The van der Waals surface area contributed by atoms with Crippen LogP contribution in [0.25, 0.3) is 17.6 Å². The quantitative estimate of drug-likeness (QED) is 0.834. The number of aryl methyl sites for hydroxylation is 2. The van der Waals surface area contributed by atoms with Crippen molar-refractivity contribution in [1.82, 2.24) is 25.4 Å². The predicted octanol–water partition coefficient (Wildman–Crippen LogP) is 1.37. The average Bonchev–Trinajstić information content (AvgIpc) is 2.98. The molecule has 0 radical (unpaired) electrons. The molecule has 2 heterocycles. The summed E-state index contributed by atoms with van der Waals surface area (Å²) in [6, 6.07) is 6.57. The number of piperidine rings is 1. The number of nitrogens with zero attached hydrogens (tertiary/aromatic N) is 3. The van der Waals surface area contributed by atoms with E-state index in [1.807, 2.05) is 0 Å². The highest BCUT2D eigenvalue weighted by atomic mass is 16.1. The van der Waals surface area contributed by atoms with Crippen molar-refractivity contribution in [2.24, 2.45) is 11.8 Å². The molecule has 24 heavy (non-hydrogen) atoms. The van der Waals surface area contributed by atoms with Crippen molar-refractivity contribution in [3.63, 3.8) is 0 Å². The zero-order valence-corrected chi connectivity index (χ0v) is 13.9. The molecule has 0 bridgehead atoms. The van der Waals surface area contributed by atoms with Gasteiger partial charge in [-0.3, -0.25) is 4.79 Å². The third kappa shape index (κ3) is 2.97. The van der Waals surface area contributed by atoms with E-state index in [1.165, 1.54) is 17.2 Å². The average molecular weight is 323 g/mol. The fraction of sp³-hybridized carbons (Fsp3) is 0.389. The molecule has 2 unspecified atom stereocenters. The number of rotatable bonds is 4. The van der Waals surface area contributed by atoms with Gasteiger partial charge in [-0.25, -0.2) is 9.67 Å². The molecule has 2 aromatic rings. The lowest BCUT2D eigenvalue weighted by Gasteiger charge is -2.04. The lowest BCUT2D eigenvalue weighted by molar-refractivity contribution is -0.116. The molecule has 6 nitrogen and oxygen atoms in total. The highest BCUT2D eigenvalue weighted by Crippen LogP contribution is 2.41. The van der Waals surface area contributed by atoms with Crippen molar-refractivity contribution >= 4 is 12.1 Å². The maximum atomic E-state index is 12.0. The number of benzene rings is 1. The fourth-order valence-corrected chi connectivity index (χ4v) is 3.57. The molecule has 2 fully saturated rings. The minimum Gasteiger partial charge on any atom is -0.349 e. The second kappa shape index (κ2) is 5.87. The molecule has 1 aliphatic carbocycles. The van der Waals surface area contributed by atoms with E-state index < -0.39 is 0 Å². The molecule has 4 rings (SSSR count). The summed E-state index contributed by atoms with van der Waals surface area (Å²) in [6.07, 6.45) is 4.78. The van der Waals surface area contributed by atoms with Crippen molar-refractivity contribution in [3.8, 4) is 11.4 Å². The smallest absolute Gasteiger partial charge is 0.245 e. The molecule has 1 aliphatic heterocycles. The SMILES string of the molecule is Cc1cc(C)cc(-c2ncn(/C=C\C(=O)NC3C4CNCC43)n2)c1. The van der Waals surface area contributed by atoms with Gasteiger partial charge in [-0.1, -0.05) is 17.2 Å². The van der Waals surface area contributed by atoms with Crippen LogP contribution in [0.4, 0.5) is 0 Å². The molecule has 6 heteroatoms. The minimum absolute atomic E-state index is 0.0714. The Labute approximate surface area is 141 Å². The zero-order chi connectivity index (χ0) is 16.7. The van der Waals surface area contributed by atoms with Crippen molar-refractivity contribution in [2.75, 3.05) is 13.1 Å². The van der Waals surface area contributed by atoms with Crippen LogP contribution in [0.15, 0.2) is 30.6 Å². The van der Waals surface area contributed by atoms with E-state index in [0.29, 0.717) is 23.7 Å². The molecule has 2 atom stereocenters. The van der Waals surface area contributed by atoms with Gasteiger partial charge in [0.25, 0.3) is 0 Å². The van der Waals surface area contributed by atoms with Crippen LogP contribution in [0, 0.1) is 25.7 Å². The summed E-state index contributed by atoms with van der Waals surface area (Å²) in [4.78, 5) is 16.3. The van der Waals surface area contributed by atoms with Crippen LogP contribution in [0.3, 0.4) is 0 Å². The summed E-state index contributed by atoms with van der Waals surface area (Å²) in [6.45, 7) is 6.14. The first kappa shape index (κ1) is 15.1. The predicted molar refractivity (Wildman–Crippen MR) is 92.0 cm³/mol. The van der Waals surface area contributed by atoms with Crippen molar-refractivity contribution < 1.29 is 4.79 Å². The van der Waals surface area contributed by atoms with Gasteiger partial charge >= 0.3 is 0 Å². The van der Waals surface area contributed by atoms with Gasteiger partial charge in [0.2, 0.25) is 5.91 Å². The topological polar surface area (TPSA) is 71.8 Å². The number of aromatic nitrogens is 3. The summed E-state index contributed by atoms with van der Waals surface area (Å²) in [7, 11) is 0. The number of fused-ring (bicyclic) bond motifs is 1. The maximum absolute atomic E-state index is 12.0. The fourth-order valence-electron chi connectivity index (χ4n) is 3.57. The summed E-state index contributed by atoms with van der Waals surface area (Å²) in [5.41, 5.74) is 3.35. The van der Waals surface area contributed by atoms with Gasteiger partial charge < -0.3 is 10.6 Å². The normalized spacial score (nSPS) is 25.0. The Morgan fingerprint density at radius 1 is 1.25 bits per heavy atom. The van der Waals surface area contributed by atoms with Crippen molar-refractivity contribution in [3.05, 3.63) is 41.7 Å². The Morgan fingerprint density at radius 3 is 2.67 bits per heavy atom. The van der Waals surface area contributed by atoms with Gasteiger partial charge in [0.1, 0.15) is 6.33 Å². The molecule has 1 saturated carbocycles. The summed E-state index contributed by atoms with van der Waals surface area (Å²) in [5, 5.41) is 10.8. The Morgan fingerprint density at radius 2 is 1.96 bits per heavy atom. The number of amides is 1. The van der Waals surface area contributed by atoms with Crippen LogP contribution in [-0.4, -0.2) is 39.8 Å². The Bertz CT molecular complexity index is 779. The van der Waals surface area contributed by atoms with E-state index in [-0.39, 0.29) is 5.91 Å². The molecule has 1 aromatic heterocycles. The van der Waals surface area contributed by atoms with Gasteiger partial charge in [0.15, 0.2) is 5.82 Å². The van der Waals surface area contributed by atoms with E-state index in [0.717, 1.165) is 18.7 Å². The van der Waals surface area contributed by atoms with Gasteiger partial charge in [0, 0.05) is 37.0 Å². The van der Waals surface area contributed by atoms with Gasteiger partial charge in [-0.2, -0.15) is 0 Å². The molecule has 0 spiro atoms. The number of nitrogens with one attached hydrogen (secondary N) is 2. The van der Waals surface area contributed by atoms with E-state index >= 15 is 0 Å². The molecule has 1 saturated heterocycles. The lowest BCUT2D eigenvalue weighted by Crippen LogP contribution is -2.31. The Kier molecular flexibility index (Phi) is 3.69. The van der Waals surface area contributed by atoms with Crippen LogP contribution in [0.5, 0.6) is 0 Å². The molecule has 1 aromatic carbocycles. The van der Waals surface area contributed by atoms with Crippen LogP contribution in [0.1, 0.15) is 11.1 Å². The molecule has 2 N–H and O–H groups in total. The molecule has 2 aliphatic rings. The maximum Gasteiger partial charge on any atom is 0.245 e. The lowest BCUT2D eigenvalue weighted by atomic mass is 10.1. The van der Waals surface area contributed by atoms with Crippen LogP contribution in [-0.2, 0) is 4.79 Å². The first-order valence-electron chi connectivity index (χ1n) is 8.29. The second-order valence-electron chi connectivity index (χ2n) is 6.76. The number of carbonyl (C=O) groups excluding carboxylic acids is 1. The summed E-state index contributed by atoms with van der Waals surface area (Å²) < 4.78 is 1.57. The van der Waals surface area contributed by atoms with E-state index in [2.05, 4.69) is 52.8 Å². The Balaban J connectivity index is 1.40. The standard InChI is InChI=1S/C18H21N5O/c1-11-5-12(2)7-13(6-11)18-20-10-23(22-18)4-3-16(24)21-17-14-8-19-9-15(14)17/h3-7,10,14-15,17,19H,8-9H2,1-2H3,(H,21,24)/b4-3-. The highest BCUT2D eigenvalue weighted by molar-refractivity contribution is 5.90. The largest absolute Gasteiger partial charge is 0.349 e. The molecule has 1 amide bonds. The second-order valence-corrected chi connectivity index (χ2v) is 6.76. The number of hydrogen-bond acceptors (Lipinski definition) is 4. The van der Waals surface area contributed by atoms with Gasteiger partial charge in [0.05, 0.1) is 0 Å². The van der Waals surface area contributed by atoms with E-state index in [1.54, 1.807) is 17.2 Å². The minimum atomic E-state index is -0.0714. The first-order chi connectivity index (χ1) is 11.6.